The topological polar surface area (TPSA) is 51.7 Å². The molecule has 1 amide bonds. The van der Waals surface area contributed by atoms with Crippen LogP contribution in [0.25, 0.3) is 0 Å². The number of hydrazine groups is 1. The number of carbonyl (C=O) groups is 1. The lowest BCUT2D eigenvalue weighted by Gasteiger charge is -2.46. The van der Waals surface area contributed by atoms with E-state index < -0.39 is 5.38 Å². The van der Waals surface area contributed by atoms with E-state index in [0.29, 0.717) is 6.04 Å². The summed E-state index contributed by atoms with van der Waals surface area (Å²) in [5.74, 6) is -0.0196. The molecule has 2 saturated heterocycles. The standard InChI is InChI=1S/C26H42ClN5O/c1-3-23-22(20(2)12-13-28-23)18-30-14-16-31(17-15-30)24-19-32(29-26(33)25(24)27)21-10-8-6-4-5-7-9-11-21/h12-13,21,24-25H,3-11,14-19H2,1-2H3,(H,29,33). The normalized spacial score (nSPS) is 27.5. The summed E-state index contributed by atoms with van der Waals surface area (Å²) in [7, 11) is 0. The summed E-state index contributed by atoms with van der Waals surface area (Å²) < 4.78 is 0. The molecule has 0 spiro atoms. The van der Waals surface area contributed by atoms with Crippen molar-refractivity contribution in [2.75, 3.05) is 32.7 Å². The van der Waals surface area contributed by atoms with E-state index in [1.54, 1.807) is 0 Å². The van der Waals surface area contributed by atoms with E-state index in [1.807, 2.05) is 6.20 Å². The second kappa shape index (κ2) is 12.0. The van der Waals surface area contributed by atoms with Gasteiger partial charge in [0.25, 0.3) is 5.91 Å². The Kier molecular flexibility index (Phi) is 9.03. The van der Waals surface area contributed by atoms with Crippen LogP contribution in [0.1, 0.15) is 75.1 Å². The maximum atomic E-state index is 12.8. The first kappa shape index (κ1) is 24.9. The van der Waals surface area contributed by atoms with Crippen LogP contribution >= 0.6 is 11.6 Å². The van der Waals surface area contributed by atoms with E-state index in [2.05, 4.69) is 45.1 Å². The van der Waals surface area contributed by atoms with Gasteiger partial charge in [0.15, 0.2) is 0 Å². The monoisotopic (exact) mass is 475 g/mol. The molecule has 1 saturated carbocycles. The Bertz CT molecular complexity index is 772. The molecule has 0 radical (unpaired) electrons. The zero-order chi connectivity index (χ0) is 23.2. The lowest BCUT2D eigenvalue weighted by atomic mass is 10.0. The molecule has 33 heavy (non-hydrogen) atoms. The Morgan fingerprint density at radius 2 is 1.73 bits per heavy atom. The Morgan fingerprint density at radius 3 is 2.39 bits per heavy atom. The number of piperazine rings is 1. The van der Waals surface area contributed by atoms with Gasteiger partial charge in [-0.05, 0) is 43.4 Å². The molecule has 2 unspecified atom stereocenters. The Hall–Kier alpha value is -1.21. The fraction of sp³-hybridized carbons (Fsp3) is 0.769. The van der Waals surface area contributed by atoms with Gasteiger partial charge in [-0.15, -0.1) is 11.6 Å². The number of alkyl halides is 1. The average molecular weight is 476 g/mol. The van der Waals surface area contributed by atoms with E-state index in [9.17, 15) is 4.79 Å². The highest BCUT2D eigenvalue weighted by molar-refractivity contribution is 6.31. The van der Waals surface area contributed by atoms with Gasteiger partial charge in [0.1, 0.15) is 5.38 Å². The lowest BCUT2D eigenvalue weighted by molar-refractivity contribution is -0.134. The predicted molar refractivity (Wildman–Crippen MR) is 134 cm³/mol. The molecule has 1 aromatic heterocycles. The van der Waals surface area contributed by atoms with Crippen LogP contribution in [0.4, 0.5) is 0 Å². The van der Waals surface area contributed by atoms with Crippen molar-refractivity contribution in [2.45, 2.75) is 95.6 Å². The smallest absolute Gasteiger partial charge is 0.254 e. The van der Waals surface area contributed by atoms with Gasteiger partial charge in [0.2, 0.25) is 0 Å². The van der Waals surface area contributed by atoms with Crippen LogP contribution in [0.2, 0.25) is 0 Å². The fourth-order valence-corrected chi connectivity index (χ4v) is 6.11. The summed E-state index contributed by atoms with van der Waals surface area (Å²) in [4.78, 5) is 22.4. The Balaban J connectivity index is 1.36. The highest BCUT2D eigenvalue weighted by Gasteiger charge is 2.40. The van der Waals surface area contributed by atoms with Gasteiger partial charge in [-0.25, -0.2) is 5.01 Å². The molecule has 1 aromatic rings. The highest BCUT2D eigenvalue weighted by atomic mass is 35.5. The first-order valence-electron chi connectivity index (χ1n) is 13.2. The minimum absolute atomic E-state index is 0.0196. The number of hydrogen-bond acceptors (Lipinski definition) is 5. The van der Waals surface area contributed by atoms with E-state index in [-0.39, 0.29) is 11.9 Å². The van der Waals surface area contributed by atoms with Gasteiger partial charge < -0.3 is 0 Å². The van der Waals surface area contributed by atoms with Crippen LogP contribution < -0.4 is 5.43 Å². The molecule has 3 aliphatic rings. The van der Waals surface area contributed by atoms with Crippen molar-refractivity contribution in [3.05, 3.63) is 29.1 Å². The first-order chi connectivity index (χ1) is 16.1. The quantitative estimate of drug-likeness (QED) is 0.654. The number of amides is 1. The summed E-state index contributed by atoms with van der Waals surface area (Å²) in [5.41, 5.74) is 7.08. The fourth-order valence-electron chi connectivity index (χ4n) is 5.82. The summed E-state index contributed by atoms with van der Waals surface area (Å²) in [6, 6.07) is 2.65. The molecule has 4 rings (SSSR count). The average Bonchev–Trinajstić information content (AvgIpc) is 2.97. The number of aromatic nitrogens is 1. The molecule has 3 heterocycles. The molecule has 6 nitrogen and oxygen atoms in total. The van der Waals surface area contributed by atoms with Crippen LogP contribution in [0, 0.1) is 6.92 Å². The van der Waals surface area contributed by atoms with Crippen molar-refractivity contribution < 1.29 is 4.79 Å². The SMILES string of the molecule is CCc1nccc(C)c1CN1CCN(C2CN(C3CCCCCCCC3)NC(=O)C2Cl)CC1. The van der Waals surface area contributed by atoms with Crippen LogP contribution in [-0.4, -0.2) is 75.9 Å². The number of hydrogen-bond donors (Lipinski definition) is 1. The first-order valence-corrected chi connectivity index (χ1v) is 13.6. The van der Waals surface area contributed by atoms with Crippen LogP contribution in [0.3, 0.4) is 0 Å². The minimum Gasteiger partial charge on any atom is -0.296 e. The van der Waals surface area contributed by atoms with Gasteiger partial charge >= 0.3 is 0 Å². The molecule has 1 N–H and O–H groups in total. The maximum absolute atomic E-state index is 12.8. The number of rotatable bonds is 5. The number of pyridine rings is 1. The Labute approximate surface area is 205 Å². The van der Waals surface area contributed by atoms with Gasteiger partial charge in [-0.1, -0.05) is 45.4 Å². The van der Waals surface area contributed by atoms with Gasteiger partial charge in [0.05, 0.1) is 0 Å². The molecule has 184 valence electrons. The van der Waals surface area contributed by atoms with Crippen molar-refractivity contribution in [3.63, 3.8) is 0 Å². The van der Waals surface area contributed by atoms with E-state index in [4.69, 9.17) is 11.6 Å². The van der Waals surface area contributed by atoms with Crippen molar-refractivity contribution >= 4 is 17.5 Å². The zero-order valence-electron chi connectivity index (χ0n) is 20.6. The van der Waals surface area contributed by atoms with Crippen LogP contribution in [0.15, 0.2) is 12.3 Å². The van der Waals surface area contributed by atoms with Gasteiger partial charge in [0, 0.05) is 63.2 Å². The number of carbonyl (C=O) groups excluding carboxylic acids is 1. The number of nitrogens with one attached hydrogen (secondary N) is 1. The van der Waals surface area contributed by atoms with Gasteiger partial charge in [-0.2, -0.15) is 0 Å². The number of aryl methyl sites for hydroxylation is 2. The van der Waals surface area contributed by atoms with Crippen molar-refractivity contribution in [1.29, 1.82) is 0 Å². The lowest BCUT2D eigenvalue weighted by Crippen LogP contribution is -2.67. The molecular formula is C26H42ClN5O. The molecule has 0 bridgehead atoms. The van der Waals surface area contributed by atoms with Crippen molar-refractivity contribution in [3.8, 4) is 0 Å². The predicted octanol–water partition coefficient (Wildman–Crippen LogP) is 3.90. The van der Waals surface area contributed by atoms with Gasteiger partial charge in [-0.3, -0.25) is 25.0 Å². The number of nitrogens with zero attached hydrogens (tertiary/aromatic N) is 4. The third kappa shape index (κ3) is 6.27. The summed E-state index contributed by atoms with van der Waals surface area (Å²) in [6.45, 7) is 10.1. The second-order valence-electron chi connectivity index (χ2n) is 10.2. The third-order valence-corrected chi connectivity index (χ3v) is 8.45. The van der Waals surface area contributed by atoms with E-state index >= 15 is 0 Å². The number of halogens is 1. The highest BCUT2D eigenvalue weighted by Crippen LogP contribution is 2.26. The molecule has 1 aliphatic carbocycles. The Morgan fingerprint density at radius 1 is 1.06 bits per heavy atom. The molecule has 2 aliphatic heterocycles. The summed E-state index contributed by atoms with van der Waals surface area (Å²) >= 11 is 6.68. The van der Waals surface area contributed by atoms with Crippen molar-refractivity contribution in [2.24, 2.45) is 0 Å². The van der Waals surface area contributed by atoms with E-state index in [0.717, 1.165) is 45.7 Å². The van der Waals surface area contributed by atoms with Crippen LogP contribution in [0.5, 0.6) is 0 Å². The van der Waals surface area contributed by atoms with Crippen molar-refractivity contribution in [1.82, 2.24) is 25.2 Å². The third-order valence-electron chi connectivity index (χ3n) is 7.96. The summed E-state index contributed by atoms with van der Waals surface area (Å²) in [6.07, 6.45) is 13.1. The van der Waals surface area contributed by atoms with E-state index in [1.165, 1.54) is 68.2 Å². The molecule has 0 aromatic carbocycles. The molecule has 3 fully saturated rings. The second-order valence-corrected chi connectivity index (χ2v) is 10.6. The molecule has 7 heteroatoms. The zero-order valence-corrected chi connectivity index (χ0v) is 21.3. The minimum atomic E-state index is -0.476. The maximum Gasteiger partial charge on any atom is 0.254 e. The summed E-state index contributed by atoms with van der Waals surface area (Å²) in [5, 5.41) is 1.77. The largest absolute Gasteiger partial charge is 0.296 e. The molecular weight excluding hydrogens is 434 g/mol. The van der Waals surface area contributed by atoms with Crippen LogP contribution in [-0.2, 0) is 17.8 Å². The molecule has 2 atom stereocenters.